The summed E-state index contributed by atoms with van der Waals surface area (Å²) in [5, 5.41) is 7.07. The van der Waals surface area contributed by atoms with Gasteiger partial charge in [-0.1, -0.05) is 35.9 Å². The second-order valence-corrected chi connectivity index (χ2v) is 4.91. The number of carbonyl (C=O) groups is 1. The van der Waals surface area contributed by atoms with E-state index in [9.17, 15) is 4.79 Å². The minimum Gasteiger partial charge on any atom is -0.308 e. The molecular weight excluding hydrogens is 286 g/mol. The van der Waals surface area contributed by atoms with E-state index < -0.39 is 0 Å². The van der Waals surface area contributed by atoms with Gasteiger partial charge in [-0.05, 0) is 30.3 Å². The Kier molecular flexibility index (Phi) is 3.71. The summed E-state index contributed by atoms with van der Waals surface area (Å²) in [6.07, 6.45) is 1.70. The van der Waals surface area contributed by atoms with Crippen molar-refractivity contribution in [2.45, 2.75) is 0 Å². The predicted octanol–water partition coefficient (Wildman–Crippen LogP) is 4.53. The van der Waals surface area contributed by atoms with Crippen molar-refractivity contribution in [3.8, 4) is 0 Å². The molecule has 3 aromatic rings. The average molecular weight is 298 g/mol. The second-order valence-electron chi connectivity index (χ2n) is 4.47. The number of anilines is 2. The van der Waals surface area contributed by atoms with E-state index in [1.54, 1.807) is 30.5 Å². The lowest BCUT2D eigenvalue weighted by atomic mass is 10.2. The number of amides is 2. The predicted molar refractivity (Wildman–Crippen MR) is 85.8 cm³/mol. The monoisotopic (exact) mass is 297 g/mol. The van der Waals surface area contributed by atoms with Gasteiger partial charge in [0.1, 0.15) is 0 Å². The third-order valence-corrected chi connectivity index (χ3v) is 3.20. The van der Waals surface area contributed by atoms with E-state index in [-0.39, 0.29) is 6.03 Å². The molecule has 4 nitrogen and oxygen atoms in total. The number of pyridine rings is 1. The van der Waals surface area contributed by atoms with Crippen LogP contribution in [0.2, 0.25) is 5.02 Å². The number of nitrogens with zero attached hydrogens (tertiary/aromatic N) is 1. The van der Waals surface area contributed by atoms with Gasteiger partial charge in [-0.2, -0.15) is 0 Å². The maximum absolute atomic E-state index is 12.0. The molecule has 3 rings (SSSR count). The number of aromatic nitrogens is 1. The molecule has 0 spiro atoms. The van der Waals surface area contributed by atoms with Gasteiger partial charge in [-0.3, -0.25) is 4.98 Å². The fourth-order valence-electron chi connectivity index (χ4n) is 2.06. The van der Waals surface area contributed by atoms with Crippen LogP contribution in [0.1, 0.15) is 0 Å². The van der Waals surface area contributed by atoms with Crippen LogP contribution in [0, 0.1) is 0 Å². The molecule has 0 saturated carbocycles. The summed E-state index contributed by atoms with van der Waals surface area (Å²) in [5.41, 5.74) is 2.04. The van der Waals surface area contributed by atoms with Crippen LogP contribution >= 0.6 is 11.6 Å². The Morgan fingerprint density at radius 2 is 1.81 bits per heavy atom. The lowest BCUT2D eigenvalue weighted by molar-refractivity contribution is 0.262. The minimum absolute atomic E-state index is 0.338. The molecule has 0 bridgehead atoms. The van der Waals surface area contributed by atoms with Crippen molar-refractivity contribution in [2.75, 3.05) is 10.6 Å². The highest BCUT2D eigenvalue weighted by Crippen LogP contribution is 2.21. The summed E-state index contributed by atoms with van der Waals surface area (Å²) in [4.78, 5) is 16.3. The molecule has 104 valence electrons. The van der Waals surface area contributed by atoms with Crippen molar-refractivity contribution in [3.05, 3.63) is 65.8 Å². The first-order chi connectivity index (χ1) is 10.2. The Morgan fingerprint density at radius 3 is 2.67 bits per heavy atom. The quantitative estimate of drug-likeness (QED) is 0.730. The Morgan fingerprint density at radius 1 is 1.00 bits per heavy atom. The number of urea groups is 1. The molecule has 0 radical (unpaired) electrons. The zero-order valence-electron chi connectivity index (χ0n) is 11.0. The molecule has 0 aliphatic carbocycles. The minimum atomic E-state index is -0.338. The molecule has 1 aromatic heterocycles. The van der Waals surface area contributed by atoms with Gasteiger partial charge in [-0.15, -0.1) is 0 Å². The maximum Gasteiger partial charge on any atom is 0.323 e. The van der Waals surface area contributed by atoms with Gasteiger partial charge in [0, 0.05) is 22.3 Å². The number of para-hydroxylation sites is 1. The molecule has 0 aliphatic rings. The van der Waals surface area contributed by atoms with Crippen molar-refractivity contribution >= 4 is 39.9 Å². The molecule has 21 heavy (non-hydrogen) atoms. The van der Waals surface area contributed by atoms with E-state index >= 15 is 0 Å². The molecule has 2 aromatic carbocycles. The number of fused-ring (bicyclic) bond motifs is 1. The highest BCUT2D eigenvalue weighted by Gasteiger charge is 2.06. The number of halogens is 1. The SMILES string of the molecule is O=C(Nc1cccc(Cl)c1)Nc1cccc2cccnc12. The molecular formula is C16H12ClN3O. The first-order valence-electron chi connectivity index (χ1n) is 6.40. The molecule has 2 N–H and O–H groups in total. The van der Waals surface area contributed by atoms with Crippen molar-refractivity contribution in [3.63, 3.8) is 0 Å². The van der Waals surface area contributed by atoms with Crippen LogP contribution in [-0.4, -0.2) is 11.0 Å². The Balaban J connectivity index is 1.80. The van der Waals surface area contributed by atoms with Gasteiger partial charge in [0.05, 0.1) is 11.2 Å². The first kappa shape index (κ1) is 13.4. The fourth-order valence-corrected chi connectivity index (χ4v) is 2.25. The van der Waals surface area contributed by atoms with Gasteiger partial charge < -0.3 is 10.6 Å². The van der Waals surface area contributed by atoms with Gasteiger partial charge in [0.25, 0.3) is 0 Å². The van der Waals surface area contributed by atoms with Gasteiger partial charge in [-0.25, -0.2) is 4.79 Å². The van der Waals surface area contributed by atoms with E-state index in [0.29, 0.717) is 16.4 Å². The van der Waals surface area contributed by atoms with Crippen LogP contribution in [0.25, 0.3) is 10.9 Å². The zero-order chi connectivity index (χ0) is 14.7. The summed E-state index contributed by atoms with van der Waals surface area (Å²) >= 11 is 5.88. The normalized spacial score (nSPS) is 10.3. The van der Waals surface area contributed by atoms with E-state index in [2.05, 4.69) is 15.6 Å². The standard InChI is InChI=1S/C16H12ClN3O/c17-12-6-2-7-13(10-12)19-16(21)20-14-8-1-4-11-5-3-9-18-15(11)14/h1-10H,(H2,19,20,21). The van der Waals surface area contributed by atoms with Crippen molar-refractivity contribution in [1.82, 2.24) is 4.98 Å². The molecule has 0 unspecified atom stereocenters. The third kappa shape index (κ3) is 3.12. The number of hydrogen-bond acceptors (Lipinski definition) is 2. The van der Waals surface area contributed by atoms with E-state index in [1.165, 1.54) is 0 Å². The summed E-state index contributed by atoms with van der Waals surface area (Å²) in [7, 11) is 0. The molecule has 5 heteroatoms. The summed E-state index contributed by atoms with van der Waals surface area (Å²) in [6.45, 7) is 0. The third-order valence-electron chi connectivity index (χ3n) is 2.96. The van der Waals surface area contributed by atoms with Crippen LogP contribution < -0.4 is 10.6 Å². The van der Waals surface area contributed by atoms with Gasteiger partial charge in [0.2, 0.25) is 0 Å². The van der Waals surface area contributed by atoms with Crippen LogP contribution in [0.4, 0.5) is 16.2 Å². The smallest absolute Gasteiger partial charge is 0.308 e. The number of nitrogens with one attached hydrogen (secondary N) is 2. The number of carbonyl (C=O) groups excluding carboxylic acids is 1. The van der Waals surface area contributed by atoms with Gasteiger partial charge >= 0.3 is 6.03 Å². The van der Waals surface area contributed by atoms with Crippen molar-refractivity contribution in [1.29, 1.82) is 0 Å². The Bertz CT molecular complexity index is 799. The van der Waals surface area contributed by atoms with Crippen LogP contribution in [-0.2, 0) is 0 Å². The average Bonchev–Trinajstić information content (AvgIpc) is 2.47. The van der Waals surface area contributed by atoms with Crippen LogP contribution in [0.3, 0.4) is 0 Å². The van der Waals surface area contributed by atoms with Crippen molar-refractivity contribution in [2.24, 2.45) is 0 Å². The molecule has 0 fully saturated rings. The van der Waals surface area contributed by atoms with Gasteiger partial charge in [0.15, 0.2) is 0 Å². The number of benzene rings is 2. The lowest BCUT2D eigenvalue weighted by Crippen LogP contribution is -2.19. The zero-order valence-corrected chi connectivity index (χ0v) is 11.8. The second kappa shape index (κ2) is 5.81. The largest absolute Gasteiger partial charge is 0.323 e. The molecule has 0 aliphatic heterocycles. The van der Waals surface area contributed by atoms with Crippen molar-refractivity contribution < 1.29 is 4.79 Å². The maximum atomic E-state index is 12.0. The number of rotatable bonds is 2. The highest BCUT2D eigenvalue weighted by atomic mass is 35.5. The summed E-state index contributed by atoms with van der Waals surface area (Å²) in [6, 6.07) is 16.1. The Labute approximate surface area is 126 Å². The molecule has 0 atom stereocenters. The first-order valence-corrected chi connectivity index (χ1v) is 6.77. The molecule has 0 saturated heterocycles. The molecule has 2 amide bonds. The topological polar surface area (TPSA) is 54.0 Å². The Hall–Kier alpha value is -2.59. The fraction of sp³-hybridized carbons (Fsp3) is 0. The summed E-state index contributed by atoms with van der Waals surface area (Å²) in [5.74, 6) is 0. The van der Waals surface area contributed by atoms with E-state index in [4.69, 9.17) is 11.6 Å². The number of hydrogen-bond donors (Lipinski definition) is 2. The molecule has 1 heterocycles. The summed E-state index contributed by atoms with van der Waals surface area (Å²) < 4.78 is 0. The van der Waals surface area contributed by atoms with E-state index in [0.717, 1.165) is 10.9 Å². The highest BCUT2D eigenvalue weighted by molar-refractivity contribution is 6.30. The lowest BCUT2D eigenvalue weighted by Gasteiger charge is -2.09. The van der Waals surface area contributed by atoms with Crippen LogP contribution in [0.15, 0.2) is 60.8 Å². The van der Waals surface area contributed by atoms with E-state index in [1.807, 2.05) is 30.3 Å². The van der Waals surface area contributed by atoms with Crippen LogP contribution in [0.5, 0.6) is 0 Å².